The van der Waals surface area contributed by atoms with Gasteiger partial charge in [0.1, 0.15) is 0 Å². The lowest BCUT2D eigenvalue weighted by molar-refractivity contribution is 0.109. The van der Waals surface area contributed by atoms with Crippen molar-refractivity contribution >= 4 is 22.2 Å². The molecule has 0 bridgehead atoms. The topological polar surface area (TPSA) is 39.4 Å². The van der Waals surface area contributed by atoms with Crippen LogP contribution in [0.25, 0.3) is 0 Å². The van der Waals surface area contributed by atoms with Gasteiger partial charge in [-0.25, -0.2) is 4.39 Å². The summed E-state index contributed by atoms with van der Waals surface area (Å²) in [6.07, 6.45) is 0.546. The van der Waals surface area contributed by atoms with Gasteiger partial charge in [0, 0.05) is 10.5 Å². The Morgan fingerprint density at radius 3 is 2.75 bits per heavy atom. The average molecular weight is 285 g/mol. The van der Waals surface area contributed by atoms with Crippen molar-refractivity contribution in [2.45, 2.75) is 0 Å². The van der Waals surface area contributed by atoms with Crippen molar-refractivity contribution in [1.82, 2.24) is 0 Å². The molecule has 0 aliphatic carbocycles. The summed E-state index contributed by atoms with van der Waals surface area (Å²) in [5.41, 5.74) is 0. The summed E-state index contributed by atoms with van der Waals surface area (Å²) in [6.45, 7) is 0. The standard InChI is InChI=1S/C11H6BrFO3/c12-7-1-3-10(9(13)5-7)16-11-4-2-8(6-14)15-11/h1-6H. The summed E-state index contributed by atoms with van der Waals surface area (Å²) in [5.74, 6) is -0.274. The van der Waals surface area contributed by atoms with Crippen molar-refractivity contribution in [2.75, 3.05) is 0 Å². The molecule has 3 nitrogen and oxygen atoms in total. The maximum atomic E-state index is 13.4. The molecule has 0 unspecified atom stereocenters. The number of carbonyl (C=O) groups excluding carboxylic acids is 1. The summed E-state index contributed by atoms with van der Waals surface area (Å²) >= 11 is 3.13. The molecule has 2 aromatic rings. The highest BCUT2D eigenvalue weighted by Gasteiger charge is 2.08. The third-order valence-electron chi connectivity index (χ3n) is 1.82. The second-order valence-corrected chi connectivity index (χ2v) is 3.87. The highest BCUT2D eigenvalue weighted by Crippen LogP contribution is 2.27. The van der Waals surface area contributed by atoms with E-state index in [-0.39, 0.29) is 17.5 Å². The lowest BCUT2D eigenvalue weighted by Crippen LogP contribution is -1.86. The molecule has 16 heavy (non-hydrogen) atoms. The van der Waals surface area contributed by atoms with E-state index in [2.05, 4.69) is 15.9 Å². The minimum Gasteiger partial charge on any atom is -0.423 e. The van der Waals surface area contributed by atoms with E-state index in [1.165, 1.54) is 24.3 Å². The molecule has 0 aliphatic heterocycles. The Kier molecular flexibility index (Phi) is 3.05. The van der Waals surface area contributed by atoms with Crippen molar-refractivity contribution in [2.24, 2.45) is 0 Å². The van der Waals surface area contributed by atoms with Gasteiger partial charge in [-0.2, -0.15) is 0 Å². The zero-order chi connectivity index (χ0) is 11.5. The monoisotopic (exact) mass is 284 g/mol. The molecule has 1 aromatic heterocycles. The molecular weight excluding hydrogens is 279 g/mol. The third-order valence-corrected chi connectivity index (χ3v) is 2.32. The lowest BCUT2D eigenvalue weighted by atomic mass is 10.3. The molecule has 0 spiro atoms. The number of hydrogen-bond acceptors (Lipinski definition) is 3. The lowest BCUT2D eigenvalue weighted by Gasteiger charge is -2.03. The van der Waals surface area contributed by atoms with Gasteiger partial charge >= 0.3 is 0 Å². The van der Waals surface area contributed by atoms with Gasteiger partial charge in [-0.3, -0.25) is 4.79 Å². The molecule has 1 heterocycles. The first kappa shape index (κ1) is 10.9. The number of hydrogen-bond donors (Lipinski definition) is 0. The van der Waals surface area contributed by atoms with E-state index >= 15 is 0 Å². The Morgan fingerprint density at radius 1 is 1.31 bits per heavy atom. The Balaban J connectivity index is 2.23. The van der Waals surface area contributed by atoms with Crippen LogP contribution in [0.2, 0.25) is 0 Å². The Labute approximate surface area is 99.0 Å². The van der Waals surface area contributed by atoms with E-state index in [0.717, 1.165) is 0 Å². The molecule has 2 rings (SSSR count). The van der Waals surface area contributed by atoms with E-state index < -0.39 is 5.82 Å². The van der Waals surface area contributed by atoms with Crippen LogP contribution in [0.15, 0.2) is 39.2 Å². The number of carbonyl (C=O) groups is 1. The van der Waals surface area contributed by atoms with Crippen molar-refractivity contribution < 1.29 is 18.3 Å². The summed E-state index contributed by atoms with van der Waals surface area (Å²) in [5, 5.41) is 0. The first-order valence-corrected chi connectivity index (χ1v) is 5.16. The molecule has 1 aromatic carbocycles. The predicted molar refractivity (Wildman–Crippen MR) is 58.3 cm³/mol. The van der Waals surface area contributed by atoms with E-state index in [1.807, 2.05) is 0 Å². The zero-order valence-electron chi connectivity index (χ0n) is 7.94. The summed E-state index contributed by atoms with van der Waals surface area (Å²) in [4.78, 5) is 10.4. The fourth-order valence-corrected chi connectivity index (χ4v) is 1.45. The Hall–Kier alpha value is -1.62. The highest BCUT2D eigenvalue weighted by atomic mass is 79.9. The van der Waals surface area contributed by atoms with Crippen LogP contribution in [0.1, 0.15) is 10.6 Å². The minimum absolute atomic E-state index is 0.0370. The van der Waals surface area contributed by atoms with Crippen LogP contribution in [0, 0.1) is 5.82 Å². The molecule has 0 saturated heterocycles. The number of furan rings is 1. The molecule has 0 atom stereocenters. The molecule has 82 valence electrons. The van der Waals surface area contributed by atoms with Crippen LogP contribution in [0.4, 0.5) is 4.39 Å². The van der Waals surface area contributed by atoms with Crippen molar-refractivity contribution in [3.05, 3.63) is 46.4 Å². The van der Waals surface area contributed by atoms with Crippen LogP contribution < -0.4 is 4.74 Å². The molecule has 0 aliphatic rings. The minimum atomic E-state index is -0.515. The quantitative estimate of drug-likeness (QED) is 0.805. The van der Waals surface area contributed by atoms with Crippen LogP contribution >= 0.6 is 15.9 Å². The van der Waals surface area contributed by atoms with Gasteiger partial charge in [0.25, 0.3) is 5.95 Å². The smallest absolute Gasteiger partial charge is 0.290 e. The van der Waals surface area contributed by atoms with Crippen molar-refractivity contribution in [3.8, 4) is 11.7 Å². The SMILES string of the molecule is O=Cc1ccc(Oc2ccc(Br)cc2F)o1. The number of rotatable bonds is 3. The number of aldehydes is 1. The maximum absolute atomic E-state index is 13.4. The Morgan fingerprint density at radius 2 is 2.12 bits per heavy atom. The van der Waals surface area contributed by atoms with Gasteiger partial charge in [-0.15, -0.1) is 0 Å². The fraction of sp³-hybridized carbons (Fsp3) is 0. The van der Waals surface area contributed by atoms with Crippen molar-refractivity contribution in [1.29, 1.82) is 0 Å². The normalized spacial score (nSPS) is 10.1. The number of ether oxygens (including phenoxy) is 1. The molecular formula is C11H6BrFO3. The first-order valence-electron chi connectivity index (χ1n) is 4.37. The van der Waals surface area contributed by atoms with Crippen LogP contribution in [-0.2, 0) is 0 Å². The van der Waals surface area contributed by atoms with Crippen LogP contribution in [0.5, 0.6) is 11.7 Å². The second kappa shape index (κ2) is 4.49. The molecule has 0 N–H and O–H groups in total. The van der Waals surface area contributed by atoms with Gasteiger partial charge < -0.3 is 9.15 Å². The first-order chi connectivity index (χ1) is 7.69. The summed E-state index contributed by atoms with van der Waals surface area (Å²) in [6, 6.07) is 7.27. The van der Waals surface area contributed by atoms with Gasteiger partial charge in [0.15, 0.2) is 23.6 Å². The molecule has 0 saturated carbocycles. The molecule has 0 radical (unpaired) electrons. The fourth-order valence-electron chi connectivity index (χ4n) is 1.12. The van der Waals surface area contributed by atoms with Gasteiger partial charge in [-0.05, 0) is 24.3 Å². The number of halogens is 2. The second-order valence-electron chi connectivity index (χ2n) is 2.95. The van der Waals surface area contributed by atoms with Crippen molar-refractivity contribution in [3.63, 3.8) is 0 Å². The maximum Gasteiger partial charge on any atom is 0.290 e. The van der Waals surface area contributed by atoms with E-state index in [1.54, 1.807) is 6.07 Å². The van der Waals surface area contributed by atoms with E-state index in [4.69, 9.17) is 9.15 Å². The molecule has 5 heteroatoms. The molecule has 0 fully saturated rings. The van der Waals surface area contributed by atoms with E-state index in [0.29, 0.717) is 10.8 Å². The van der Waals surface area contributed by atoms with Crippen LogP contribution in [-0.4, -0.2) is 6.29 Å². The van der Waals surface area contributed by atoms with Crippen LogP contribution in [0.3, 0.4) is 0 Å². The highest BCUT2D eigenvalue weighted by molar-refractivity contribution is 9.10. The number of benzene rings is 1. The largest absolute Gasteiger partial charge is 0.423 e. The predicted octanol–water partition coefficient (Wildman–Crippen LogP) is 3.79. The Bertz CT molecular complexity index is 522. The van der Waals surface area contributed by atoms with Gasteiger partial charge in [-0.1, -0.05) is 15.9 Å². The zero-order valence-corrected chi connectivity index (χ0v) is 9.53. The van der Waals surface area contributed by atoms with Gasteiger partial charge in [0.2, 0.25) is 0 Å². The third kappa shape index (κ3) is 2.30. The summed E-state index contributed by atoms with van der Waals surface area (Å²) < 4.78 is 24.1. The van der Waals surface area contributed by atoms with Gasteiger partial charge in [0.05, 0.1) is 0 Å². The summed E-state index contributed by atoms with van der Waals surface area (Å²) in [7, 11) is 0. The molecule has 0 amide bonds. The average Bonchev–Trinajstić information content (AvgIpc) is 2.70. The van der Waals surface area contributed by atoms with E-state index in [9.17, 15) is 9.18 Å².